The van der Waals surface area contributed by atoms with Crippen molar-refractivity contribution in [2.45, 2.75) is 13.0 Å². The summed E-state index contributed by atoms with van der Waals surface area (Å²) in [5, 5.41) is 4.06. The molecule has 0 radical (unpaired) electrons. The van der Waals surface area contributed by atoms with Crippen LogP contribution < -0.4 is 20.7 Å². The van der Waals surface area contributed by atoms with E-state index in [1.54, 1.807) is 0 Å². The highest BCUT2D eigenvalue weighted by Gasteiger charge is 2.22. The van der Waals surface area contributed by atoms with Crippen LogP contribution in [0.3, 0.4) is 0 Å². The third-order valence-electron chi connectivity index (χ3n) is 6.08. The Morgan fingerprint density at radius 3 is 2.81 bits per heavy atom. The first kappa shape index (κ1) is 19.8. The molecule has 1 amide bonds. The number of aryl methyl sites for hydroxylation is 1. The number of aromatic nitrogens is 1. The molecule has 0 spiro atoms. The number of fused-ring (bicyclic) bond motifs is 2. The van der Waals surface area contributed by atoms with Crippen LogP contribution in [-0.2, 0) is 4.79 Å². The molecule has 1 aromatic heterocycles. The Bertz CT molecular complexity index is 1120. The lowest BCUT2D eigenvalue weighted by Crippen LogP contribution is -2.48. The van der Waals surface area contributed by atoms with Gasteiger partial charge in [-0.05, 0) is 48.9 Å². The van der Waals surface area contributed by atoms with E-state index in [0.717, 1.165) is 49.5 Å². The van der Waals surface area contributed by atoms with Gasteiger partial charge in [-0.1, -0.05) is 12.1 Å². The normalized spacial score (nSPS) is 17.7. The van der Waals surface area contributed by atoms with Crippen LogP contribution in [0, 0.1) is 6.92 Å². The number of ether oxygens (including phenoxy) is 1. The lowest BCUT2D eigenvalue weighted by Gasteiger charge is -2.37. The van der Waals surface area contributed by atoms with Crippen LogP contribution in [0.25, 0.3) is 10.9 Å². The van der Waals surface area contributed by atoms with Crippen LogP contribution in [0.4, 0.5) is 11.4 Å². The summed E-state index contributed by atoms with van der Waals surface area (Å²) < 4.78 is 5.44. The Labute approximate surface area is 181 Å². The molecule has 7 nitrogen and oxygen atoms in total. The van der Waals surface area contributed by atoms with Crippen molar-refractivity contribution in [2.24, 2.45) is 5.73 Å². The number of amides is 1. The van der Waals surface area contributed by atoms with Crippen LogP contribution in [0.1, 0.15) is 17.3 Å². The zero-order valence-corrected chi connectivity index (χ0v) is 17.7. The number of anilines is 2. The number of hydrogen-bond donors (Lipinski definition) is 2. The smallest absolute Gasteiger partial charge is 0.262 e. The van der Waals surface area contributed by atoms with Gasteiger partial charge >= 0.3 is 0 Å². The number of hydrogen-bond acceptors (Lipinski definition) is 6. The molecule has 2 aliphatic rings. The molecule has 1 saturated heterocycles. The molecule has 2 aromatic carbocycles. The largest absolute Gasteiger partial charge is 0.482 e. The van der Waals surface area contributed by atoms with E-state index in [-0.39, 0.29) is 18.6 Å². The van der Waals surface area contributed by atoms with E-state index in [2.05, 4.69) is 50.4 Å². The number of nitrogens with two attached hydrogens (primary N) is 1. The second kappa shape index (κ2) is 8.17. The third kappa shape index (κ3) is 4.06. The number of piperazine rings is 1. The topological polar surface area (TPSA) is 83.7 Å². The summed E-state index contributed by atoms with van der Waals surface area (Å²) >= 11 is 0. The van der Waals surface area contributed by atoms with Crippen molar-refractivity contribution < 1.29 is 9.53 Å². The maximum Gasteiger partial charge on any atom is 0.262 e. The first-order valence-electron chi connectivity index (χ1n) is 10.7. The Morgan fingerprint density at radius 1 is 1.13 bits per heavy atom. The lowest BCUT2D eigenvalue weighted by molar-refractivity contribution is -0.118. The van der Waals surface area contributed by atoms with Crippen LogP contribution in [0.2, 0.25) is 0 Å². The molecule has 0 bridgehead atoms. The van der Waals surface area contributed by atoms with Gasteiger partial charge in [0.1, 0.15) is 5.75 Å². The molecule has 3 heterocycles. The van der Waals surface area contributed by atoms with E-state index in [9.17, 15) is 4.79 Å². The maximum absolute atomic E-state index is 11.6. The first-order chi connectivity index (χ1) is 15.1. The summed E-state index contributed by atoms with van der Waals surface area (Å²) in [5.74, 6) is 0.567. The monoisotopic (exact) mass is 417 g/mol. The molecular weight excluding hydrogens is 390 g/mol. The Kier molecular flexibility index (Phi) is 5.21. The second-order valence-corrected chi connectivity index (χ2v) is 8.28. The quantitative estimate of drug-likeness (QED) is 0.679. The highest BCUT2D eigenvalue weighted by molar-refractivity contribution is 5.95. The van der Waals surface area contributed by atoms with Gasteiger partial charge in [0, 0.05) is 55.5 Å². The van der Waals surface area contributed by atoms with E-state index < -0.39 is 0 Å². The number of nitrogens with one attached hydrogen (secondary N) is 1. The van der Waals surface area contributed by atoms with Gasteiger partial charge in [-0.2, -0.15) is 0 Å². The Hall–Kier alpha value is -3.16. The average Bonchev–Trinajstić information content (AvgIpc) is 2.78. The predicted molar refractivity (Wildman–Crippen MR) is 123 cm³/mol. The highest BCUT2D eigenvalue weighted by atomic mass is 16.5. The van der Waals surface area contributed by atoms with Crippen LogP contribution >= 0.6 is 0 Å². The Balaban J connectivity index is 1.23. The van der Waals surface area contributed by atoms with E-state index in [0.29, 0.717) is 11.4 Å². The number of benzene rings is 2. The van der Waals surface area contributed by atoms with Crippen molar-refractivity contribution in [2.75, 3.05) is 49.5 Å². The molecular formula is C24H27N5O2. The van der Waals surface area contributed by atoms with Gasteiger partial charge in [-0.15, -0.1) is 0 Å². The molecule has 5 rings (SSSR count). The number of carbonyl (C=O) groups is 1. The van der Waals surface area contributed by atoms with Gasteiger partial charge in [-0.3, -0.25) is 14.7 Å². The standard InChI is InChI=1S/C24H27N5O2/c1-16-5-7-18-20(26-16)3-2-4-22(18)29-11-9-28(10-12-29)14-19(25)17-6-8-23-21(13-17)27-24(30)15-31-23/h2-8,13,19H,9-12,14-15,25H2,1H3,(H,27,30). The van der Waals surface area contributed by atoms with Gasteiger partial charge in [0.2, 0.25) is 0 Å². The molecule has 1 unspecified atom stereocenters. The van der Waals surface area contributed by atoms with Crippen molar-refractivity contribution >= 4 is 28.2 Å². The SMILES string of the molecule is Cc1ccc2c(N3CCN(CC(N)c4ccc5c(c4)NC(=O)CO5)CC3)cccc2n1. The summed E-state index contributed by atoms with van der Waals surface area (Å²) in [6.45, 7) is 6.67. The fourth-order valence-corrected chi connectivity index (χ4v) is 4.40. The molecule has 7 heteroatoms. The Morgan fingerprint density at radius 2 is 1.97 bits per heavy atom. The van der Waals surface area contributed by atoms with E-state index in [4.69, 9.17) is 10.5 Å². The van der Waals surface area contributed by atoms with Crippen LogP contribution in [0.5, 0.6) is 5.75 Å². The summed E-state index contributed by atoms with van der Waals surface area (Å²) in [6.07, 6.45) is 0. The first-order valence-corrected chi connectivity index (χ1v) is 10.7. The second-order valence-electron chi connectivity index (χ2n) is 8.28. The molecule has 0 saturated carbocycles. The molecule has 3 N–H and O–H groups in total. The van der Waals surface area contributed by atoms with Crippen molar-refractivity contribution in [1.82, 2.24) is 9.88 Å². The van der Waals surface area contributed by atoms with Crippen LogP contribution in [0.15, 0.2) is 48.5 Å². The minimum atomic E-state index is -0.131. The molecule has 31 heavy (non-hydrogen) atoms. The molecule has 2 aliphatic heterocycles. The minimum Gasteiger partial charge on any atom is -0.482 e. The summed E-state index contributed by atoms with van der Waals surface area (Å²) in [7, 11) is 0. The fourth-order valence-electron chi connectivity index (χ4n) is 4.40. The molecule has 160 valence electrons. The van der Waals surface area contributed by atoms with Gasteiger partial charge in [-0.25, -0.2) is 0 Å². The van der Waals surface area contributed by atoms with E-state index in [1.807, 2.05) is 25.1 Å². The molecule has 0 aliphatic carbocycles. The van der Waals surface area contributed by atoms with Gasteiger partial charge in [0.05, 0.1) is 11.2 Å². The number of nitrogens with zero attached hydrogens (tertiary/aromatic N) is 3. The van der Waals surface area contributed by atoms with Crippen molar-refractivity contribution in [3.63, 3.8) is 0 Å². The van der Waals surface area contributed by atoms with Gasteiger partial charge in [0.25, 0.3) is 5.91 Å². The van der Waals surface area contributed by atoms with Crippen LogP contribution in [-0.4, -0.2) is 55.1 Å². The van der Waals surface area contributed by atoms with E-state index in [1.165, 1.54) is 11.1 Å². The third-order valence-corrected chi connectivity index (χ3v) is 6.08. The zero-order chi connectivity index (χ0) is 21.4. The summed E-state index contributed by atoms with van der Waals surface area (Å²) in [4.78, 5) is 21.1. The molecule has 3 aromatic rings. The predicted octanol–water partition coefficient (Wildman–Crippen LogP) is 2.70. The molecule has 1 fully saturated rings. The maximum atomic E-state index is 11.6. The average molecular weight is 418 g/mol. The summed E-state index contributed by atoms with van der Waals surface area (Å²) in [6, 6.07) is 16.3. The number of carbonyl (C=O) groups excluding carboxylic acids is 1. The van der Waals surface area contributed by atoms with Crippen molar-refractivity contribution in [1.29, 1.82) is 0 Å². The zero-order valence-electron chi connectivity index (χ0n) is 17.7. The lowest BCUT2D eigenvalue weighted by atomic mass is 10.0. The van der Waals surface area contributed by atoms with Crippen molar-refractivity contribution in [3.8, 4) is 5.75 Å². The minimum absolute atomic E-state index is 0.0645. The summed E-state index contributed by atoms with van der Waals surface area (Å²) in [5.41, 5.74) is 11.6. The molecule has 1 atom stereocenters. The van der Waals surface area contributed by atoms with Gasteiger partial charge in [0.15, 0.2) is 6.61 Å². The highest BCUT2D eigenvalue weighted by Crippen LogP contribution is 2.31. The van der Waals surface area contributed by atoms with Crippen molar-refractivity contribution in [3.05, 3.63) is 59.8 Å². The van der Waals surface area contributed by atoms with Gasteiger partial charge < -0.3 is 20.7 Å². The fraction of sp³-hybridized carbons (Fsp3) is 0.333. The number of rotatable bonds is 4. The van der Waals surface area contributed by atoms with E-state index >= 15 is 0 Å². The number of pyridine rings is 1.